The lowest BCUT2D eigenvalue weighted by Gasteiger charge is -2.60. The second kappa shape index (κ2) is 7.55. The third-order valence-electron chi connectivity index (χ3n) is 7.27. The van der Waals surface area contributed by atoms with Crippen molar-refractivity contribution < 1.29 is 28.6 Å². The molecule has 2 unspecified atom stereocenters. The smallest absolute Gasteiger partial charge is 0.348 e. The maximum absolute atomic E-state index is 14.5. The maximum atomic E-state index is 14.5. The Morgan fingerprint density at radius 2 is 1.94 bits per heavy atom. The lowest BCUT2D eigenvalue weighted by atomic mass is 9.47. The van der Waals surface area contributed by atoms with Gasteiger partial charge in [-0.15, -0.1) is 11.3 Å². The SMILES string of the molecule is CCOC(=O)c1sc2cccc(F)c2c1COC(=O)CC12CC3CC(CC(O)(C3)C1)C2. The number of benzene rings is 1. The molecule has 1 aromatic heterocycles. The van der Waals surface area contributed by atoms with E-state index in [1.54, 1.807) is 19.1 Å². The fourth-order valence-electron chi connectivity index (χ4n) is 6.79. The fraction of sp³-hybridized carbons (Fsp3) is 0.583. The standard InChI is InChI=1S/C24H27FO5S/c1-2-29-22(27)21-16(20-17(25)4-3-5-18(20)31-21)12-30-19(26)11-23-7-14-6-15(8-23)10-24(28,9-14)13-23/h3-5,14-15,28H,2,6-13H2,1H3. The van der Waals surface area contributed by atoms with Gasteiger partial charge in [0.1, 0.15) is 17.3 Å². The molecule has 4 saturated carbocycles. The number of rotatable bonds is 6. The molecule has 0 amide bonds. The number of hydrogen-bond donors (Lipinski definition) is 1. The van der Waals surface area contributed by atoms with Gasteiger partial charge < -0.3 is 14.6 Å². The van der Waals surface area contributed by atoms with Crippen LogP contribution in [0.1, 0.15) is 67.1 Å². The topological polar surface area (TPSA) is 72.8 Å². The van der Waals surface area contributed by atoms with Gasteiger partial charge in [-0.25, -0.2) is 9.18 Å². The average Bonchev–Trinajstić information content (AvgIpc) is 3.04. The fourth-order valence-corrected chi connectivity index (χ4v) is 7.90. The number of hydrogen-bond acceptors (Lipinski definition) is 6. The molecule has 0 saturated heterocycles. The summed E-state index contributed by atoms with van der Waals surface area (Å²) in [4.78, 5) is 25.5. The second-order valence-corrected chi connectivity index (χ2v) is 10.8. The molecule has 0 aliphatic heterocycles. The summed E-state index contributed by atoms with van der Waals surface area (Å²) >= 11 is 1.15. The third-order valence-corrected chi connectivity index (χ3v) is 8.45. The van der Waals surface area contributed by atoms with Crippen LogP contribution in [0.3, 0.4) is 0 Å². The van der Waals surface area contributed by atoms with Crippen LogP contribution in [-0.4, -0.2) is 29.3 Å². The molecule has 4 fully saturated rings. The molecule has 1 heterocycles. The van der Waals surface area contributed by atoms with Gasteiger partial charge >= 0.3 is 11.9 Å². The van der Waals surface area contributed by atoms with Gasteiger partial charge in [-0.2, -0.15) is 0 Å². The number of carbonyl (C=O) groups is 2. The number of halogens is 1. The zero-order valence-corrected chi connectivity index (χ0v) is 18.4. The summed E-state index contributed by atoms with van der Waals surface area (Å²) in [5, 5.41) is 11.2. The minimum atomic E-state index is -0.631. The van der Waals surface area contributed by atoms with Crippen LogP contribution in [0.4, 0.5) is 4.39 Å². The molecule has 0 radical (unpaired) electrons. The summed E-state index contributed by atoms with van der Waals surface area (Å²) in [6.45, 7) is 1.76. The first-order valence-electron chi connectivity index (χ1n) is 11.0. The molecule has 1 N–H and O–H groups in total. The molecule has 6 rings (SSSR count). The van der Waals surface area contributed by atoms with Crippen molar-refractivity contribution >= 4 is 33.4 Å². The number of carbonyl (C=O) groups excluding carboxylic acids is 2. The zero-order chi connectivity index (χ0) is 21.8. The highest BCUT2D eigenvalue weighted by molar-refractivity contribution is 7.21. The Morgan fingerprint density at radius 3 is 2.61 bits per heavy atom. The first-order valence-corrected chi connectivity index (χ1v) is 11.9. The molecule has 1 aromatic carbocycles. The van der Waals surface area contributed by atoms with E-state index in [0.717, 1.165) is 43.4 Å². The van der Waals surface area contributed by atoms with E-state index in [0.29, 0.717) is 33.9 Å². The first kappa shape index (κ1) is 20.9. The van der Waals surface area contributed by atoms with Gasteiger partial charge in [0.05, 0.1) is 18.6 Å². The summed E-state index contributed by atoms with van der Waals surface area (Å²) in [5.74, 6) is -0.346. The van der Waals surface area contributed by atoms with E-state index in [2.05, 4.69) is 0 Å². The number of ether oxygens (including phenoxy) is 2. The van der Waals surface area contributed by atoms with Crippen molar-refractivity contribution in [3.63, 3.8) is 0 Å². The molecular weight excluding hydrogens is 419 g/mol. The molecule has 0 spiro atoms. The largest absolute Gasteiger partial charge is 0.462 e. The molecule has 31 heavy (non-hydrogen) atoms. The van der Waals surface area contributed by atoms with Gasteiger partial charge in [-0.3, -0.25) is 4.79 Å². The quantitative estimate of drug-likeness (QED) is 0.634. The predicted octanol–water partition coefficient (Wildman–Crippen LogP) is 4.98. The summed E-state index contributed by atoms with van der Waals surface area (Å²) in [5.41, 5.74) is -0.454. The van der Waals surface area contributed by atoms with Crippen LogP contribution in [0, 0.1) is 23.1 Å². The van der Waals surface area contributed by atoms with E-state index in [1.165, 1.54) is 6.07 Å². The Morgan fingerprint density at radius 1 is 1.19 bits per heavy atom. The summed E-state index contributed by atoms with van der Waals surface area (Å²) in [6, 6.07) is 4.68. The summed E-state index contributed by atoms with van der Waals surface area (Å²) in [6.07, 6.45) is 5.71. The number of esters is 2. The molecule has 7 heteroatoms. The van der Waals surface area contributed by atoms with Crippen LogP contribution < -0.4 is 0 Å². The Hall–Kier alpha value is -1.99. The molecule has 4 aliphatic carbocycles. The molecular formula is C24H27FO5S. The molecule has 5 nitrogen and oxygen atoms in total. The van der Waals surface area contributed by atoms with Crippen LogP contribution in [0.15, 0.2) is 18.2 Å². The highest BCUT2D eigenvalue weighted by atomic mass is 32.1. The second-order valence-electron chi connectivity index (χ2n) is 9.77. The van der Waals surface area contributed by atoms with Gasteiger partial charge in [0.25, 0.3) is 0 Å². The van der Waals surface area contributed by atoms with Crippen molar-refractivity contribution in [2.75, 3.05) is 6.61 Å². The highest BCUT2D eigenvalue weighted by Gasteiger charge is 2.57. The summed E-state index contributed by atoms with van der Waals surface area (Å²) < 4.78 is 25.9. The number of aliphatic hydroxyl groups is 1. The highest BCUT2D eigenvalue weighted by Crippen LogP contribution is 2.62. The number of thiophene rings is 1. The van der Waals surface area contributed by atoms with E-state index in [-0.39, 0.29) is 35.9 Å². The first-order chi connectivity index (χ1) is 14.8. The molecule has 2 aromatic rings. The number of fused-ring (bicyclic) bond motifs is 1. The van der Waals surface area contributed by atoms with Crippen molar-refractivity contribution in [3.05, 3.63) is 34.5 Å². The van der Waals surface area contributed by atoms with Crippen molar-refractivity contribution in [3.8, 4) is 0 Å². The van der Waals surface area contributed by atoms with Crippen molar-refractivity contribution in [1.82, 2.24) is 0 Å². The van der Waals surface area contributed by atoms with Gasteiger partial charge in [0.15, 0.2) is 0 Å². The Kier molecular flexibility index (Phi) is 5.09. The van der Waals surface area contributed by atoms with E-state index in [9.17, 15) is 19.1 Å². The van der Waals surface area contributed by atoms with Crippen molar-refractivity contribution in [2.45, 2.75) is 64.1 Å². The van der Waals surface area contributed by atoms with Crippen LogP contribution >= 0.6 is 11.3 Å². The minimum absolute atomic E-state index is 0.166. The van der Waals surface area contributed by atoms with Crippen molar-refractivity contribution in [1.29, 1.82) is 0 Å². The van der Waals surface area contributed by atoms with E-state index >= 15 is 0 Å². The van der Waals surface area contributed by atoms with Crippen LogP contribution in [0.2, 0.25) is 0 Å². The van der Waals surface area contributed by atoms with E-state index in [4.69, 9.17) is 9.47 Å². The van der Waals surface area contributed by atoms with Gasteiger partial charge in [0.2, 0.25) is 0 Å². The van der Waals surface area contributed by atoms with Gasteiger partial charge in [-0.1, -0.05) is 6.07 Å². The lowest BCUT2D eigenvalue weighted by molar-refractivity contribution is -0.177. The average molecular weight is 447 g/mol. The van der Waals surface area contributed by atoms with Crippen LogP contribution in [-0.2, 0) is 20.9 Å². The predicted molar refractivity (Wildman–Crippen MR) is 114 cm³/mol. The van der Waals surface area contributed by atoms with Crippen LogP contribution in [0.25, 0.3) is 10.1 Å². The van der Waals surface area contributed by atoms with Gasteiger partial charge in [0, 0.05) is 15.6 Å². The van der Waals surface area contributed by atoms with Gasteiger partial charge in [-0.05, 0) is 74.8 Å². The zero-order valence-electron chi connectivity index (χ0n) is 17.6. The summed E-state index contributed by atoms with van der Waals surface area (Å²) in [7, 11) is 0. The maximum Gasteiger partial charge on any atom is 0.348 e. The third kappa shape index (κ3) is 3.76. The van der Waals surface area contributed by atoms with Crippen molar-refractivity contribution in [2.24, 2.45) is 17.3 Å². The Bertz CT molecular complexity index is 1030. The van der Waals surface area contributed by atoms with E-state index in [1.807, 2.05) is 0 Å². The molecule has 4 aliphatic rings. The minimum Gasteiger partial charge on any atom is -0.462 e. The Balaban J connectivity index is 1.35. The monoisotopic (exact) mass is 446 g/mol. The Labute approximate surface area is 184 Å². The molecule has 2 atom stereocenters. The molecule has 4 bridgehead atoms. The van der Waals surface area contributed by atoms with E-state index < -0.39 is 17.4 Å². The normalized spacial score (nSPS) is 31.2. The lowest BCUT2D eigenvalue weighted by Crippen LogP contribution is -2.56. The van der Waals surface area contributed by atoms with Crippen LogP contribution in [0.5, 0.6) is 0 Å². The molecule has 166 valence electrons.